The number of amides is 3. The first-order chi connectivity index (χ1) is 24.0. The fraction of sp³-hybridized carbons (Fsp3) is 0.553. The molecule has 3 amide bonds. The summed E-state index contributed by atoms with van der Waals surface area (Å²) in [6.45, 7) is 6.09. The van der Waals surface area contributed by atoms with E-state index in [0.29, 0.717) is 37.4 Å². The van der Waals surface area contributed by atoms with Crippen molar-refractivity contribution in [1.82, 2.24) is 15.2 Å². The van der Waals surface area contributed by atoms with Crippen molar-refractivity contribution in [2.24, 2.45) is 16.9 Å². The van der Waals surface area contributed by atoms with Gasteiger partial charge in [-0.3, -0.25) is 14.4 Å². The summed E-state index contributed by atoms with van der Waals surface area (Å²) in [4.78, 5) is 54.8. The van der Waals surface area contributed by atoms with Crippen LogP contribution < -0.4 is 14.8 Å². The highest BCUT2D eigenvalue weighted by Gasteiger charge is 2.44. The number of benzene rings is 2. The van der Waals surface area contributed by atoms with Crippen molar-refractivity contribution >= 4 is 29.6 Å². The van der Waals surface area contributed by atoms with Gasteiger partial charge in [0, 0.05) is 36.9 Å². The highest BCUT2D eigenvalue weighted by atomic mass is 16.6. The molecule has 0 radical (unpaired) electrons. The van der Waals surface area contributed by atoms with Gasteiger partial charge < -0.3 is 29.2 Å². The fourth-order valence-corrected chi connectivity index (χ4v) is 7.02. The Morgan fingerprint density at radius 3 is 2.26 bits per heavy atom. The first kappa shape index (κ1) is 36.7. The Morgan fingerprint density at radius 1 is 0.920 bits per heavy atom. The molecular formula is C38H50N4O8. The van der Waals surface area contributed by atoms with E-state index >= 15 is 0 Å². The van der Waals surface area contributed by atoms with Gasteiger partial charge in [-0.05, 0) is 76.6 Å². The minimum atomic E-state index is -0.986. The molecule has 12 nitrogen and oxygen atoms in total. The topological polar surface area (TPSA) is 136 Å². The number of esters is 1. The van der Waals surface area contributed by atoms with Gasteiger partial charge >= 0.3 is 12.1 Å². The molecule has 3 atom stereocenters. The summed E-state index contributed by atoms with van der Waals surface area (Å²) in [5.41, 5.74) is 1.88. The van der Waals surface area contributed by atoms with Crippen LogP contribution in [-0.4, -0.2) is 84.5 Å². The van der Waals surface area contributed by atoms with E-state index in [1.807, 2.05) is 48.5 Å². The summed E-state index contributed by atoms with van der Waals surface area (Å²) < 4.78 is 21.9. The average molecular weight is 691 g/mol. The standard InChI is InChI=1S/C38H50N4O8/c1-38(2,3)50-37(46)39-30(16-18-33(43)49-24-25-11-7-6-8-12-25)36(45)41-21-19-27(20-22-41)42-35(44)29-14-10-9-13-28(29)34(40-42)26-15-17-31(47-4)32(23-26)48-5/h6-8,11-12,15,17,23,27-30H,9-10,13-14,16,18-22,24H2,1-5H3,(H,39,46)/t28-,29+,30-/m0/s1. The number of piperidine rings is 1. The summed E-state index contributed by atoms with van der Waals surface area (Å²) in [6, 6.07) is 13.9. The van der Waals surface area contributed by atoms with Gasteiger partial charge in [0.05, 0.1) is 26.0 Å². The van der Waals surface area contributed by atoms with Crippen molar-refractivity contribution in [2.75, 3.05) is 27.3 Å². The molecular weight excluding hydrogens is 640 g/mol. The number of rotatable bonds is 11. The molecule has 1 N–H and O–H groups in total. The van der Waals surface area contributed by atoms with Crippen LogP contribution in [0.2, 0.25) is 0 Å². The van der Waals surface area contributed by atoms with Gasteiger partial charge in [0.25, 0.3) is 0 Å². The number of likely N-dealkylation sites (tertiary alicyclic amines) is 1. The average Bonchev–Trinajstić information content (AvgIpc) is 3.12. The highest BCUT2D eigenvalue weighted by Crippen LogP contribution is 2.40. The molecule has 0 bridgehead atoms. The molecule has 1 saturated heterocycles. The molecule has 2 aliphatic heterocycles. The molecule has 50 heavy (non-hydrogen) atoms. The lowest BCUT2D eigenvalue weighted by Crippen LogP contribution is -2.55. The second-order valence-electron chi connectivity index (χ2n) is 14.2. The number of methoxy groups -OCH3 is 2. The molecule has 2 aromatic rings. The maximum Gasteiger partial charge on any atom is 0.408 e. The number of carbonyl (C=O) groups is 4. The minimum absolute atomic E-state index is 0.0336. The Balaban J connectivity index is 1.27. The number of carbonyl (C=O) groups excluding carboxylic acids is 4. The van der Waals surface area contributed by atoms with Crippen LogP contribution in [0.5, 0.6) is 11.5 Å². The van der Waals surface area contributed by atoms with Crippen molar-refractivity contribution in [1.29, 1.82) is 0 Å². The molecule has 0 spiro atoms. The van der Waals surface area contributed by atoms with Gasteiger partial charge in [0.15, 0.2) is 11.5 Å². The summed E-state index contributed by atoms with van der Waals surface area (Å²) in [5.74, 6) is 0.387. The summed E-state index contributed by atoms with van der Waals surface area (Å²) in [6.07, 6.45) is 4.06. The monoisotopic (exact) mass is 690 g/mol. The van der Waals surface area contributed by atoms with E-state index in [9.17, 15) is 19.2 Å². The molecule has 12 heteroatoms. The largest absolute Gasteiger partial charge is 0.493 e. The summed E-state index contributed by atoms with van der Waals surface area (Å²) in [7, 11) is 3.20. The highest BCUT2D eigenvalue weighted by molar-refractivity contribution is 6.07. The first-order valence-corrected chi connectivity index (χ1v) is 17.6. The number of hydrogen-bond acceptors (Lipinski definition) is 9. The third kappa shape index (κ3) is 9.13. The smallest absolute Gasteiger partial charge is 0.408 e. The number of ether oxygens (including phenoxy) is 4. The van der Waals surface area contributed by atoms with Crippen LogP contribution in [0.15, 0.2) is 53.6 Å². The Bertz CT molecular complexity index is 1550. The zero-order valence-electron chi connectivity index (χ0n) is 29.8. The van der Waals surface area contributed by atoms with Crippen LogP contribution in [0.25, 0.3) is 0 Å². The molecule has 5 rings (SSSR count). The molecule has 3 aliphatic rings. The predicted molar refractivity (Wildman–Crippen MR) is 187 cm³/mol. The van der Waals surface area contributed by atoms with Crippen LogP contribution in [0.3, 0.4) is 0 Å². The quantitative estimate of drug-likeness (QED) is 0.307. The molecule has 1 aliphatic carbocycles. The van der Waals surface area contributed by atoms with E-state index in [1.165, 1.54) is 0 Å². The van der Waals surface area contributed by atoms with E-state index in [4.69, 9.17) is 24.0 Å². The van der Waals surface area contributed by atoms with E-state index in [0.717, 1.165) is 42.5 Å². The van der Waals surface area contributed by atoms with Crippen LogP contribution >= 0.6 is 0 Å². The lowest BCUT2D eigenvalue weighted by atomic mass is 9.73. The molecule has 270 valence electrons. The molecule has 2 aromatic carbocycles. The predicted octanol–water partition coefficient (Wildman–Crippen LogP) is 5.46. The lowest BCUT2D eigenvalue weighted by Gasteiger charge is -2.43. The Morgan fingerprint density at radius 2 is 1.60 bits per heavy atom. The van der Waals surface area contributed by atoms with Crippen LogP contribution in [0.1, 0.15) is 83.3 Å². The normalized spacial score (nSPS) is 20.3. The van der Waals surface area contributed by atoms with Gasteiger partial charge in [-0.2, -0.15) is 5.10 Å². The van der Waals surface area contributed by atoms with Crippen molar-refractivity contribution in [3.8, 4) is 11.5 Å². The van der Waals surface area contributed by atoms with E-state index in [-0.39, 0.29) is 49.1 Å². The second-order valence-corrected chi connectivity index (χ2v) is 14.2. The molecule has 2 fully saturated rings. The van der Waals surface area contributed by atoms with Crippen LogP contribution in [-0.2, 0) is 30.5 Å². The van der Waals surface area contributed by atoms with Crippen molar-refractivity contribution < 1.29 is 38.1 Å². The van der Waals surface area contributed by atoms with E-state index in [1.54, 1.807) is 44.9 Å². The number of nitrogens with zero attached hydrogens (tertiary/aromatic N) is 3. The third-order valence-electron chi connectivity index (χ3n) is 9.55. The molecule has 0 unspecified atom stereocenters. The van der Waals surface area contributed by atoms with Crippen molar-refractivity contribution in [2.45, 2.75) is 96.4 Å². The molecule has 1 saturated carbocycles. The van der Waals surface area contributed by atoms with Crippen molar-refractivity contribution in [3.05, 3.63) is 59.7 Å². The van der Waals surface area contributed by atoms with Gasteiger partial charge in [-0.25, -0.2) is 9.80 Å². The second kappa shape index (κ2) is 16.4. The SMILES string of the molecule is COc1ccc(C2=NN(C3CCN(C(=O)[C@H](CCC(=O)OCc4ccccc4)NC(=O)OC(C)(C)C)CC3)C(=O)[C@@H]3CCCC[C@H]23)cc1OC. The van der Waals surface area contributed by atoms with Gasteiger partial charge in [-0.15, -0.1) is 0 Å². The van der Waals surface area contributed by atoms with E-state index in [2.05, 4.69) is 5.32 Å². The number of nitrogens with one attached hydrogen (secondary N) is 1. The summed E-state index contributed by atoms with van der Waals surface area (Å²) in [5, 5.41) is 9.37. The van der Waals surface area contributed by atoms with Gasteiger partial charge in [0.1, 0.15) is 18.2 Å². The van der Waals surface area contributed by atoms with Crippen LogP contribution in [0.4, 0.5) is 4.79 Å². The zero-order valence-corrected chi connectivity index (χ0v) is 29.8. The van der Waals surface area contributed by atoms with Crippen molar-refractivity contribution in [3.63, 3.8) is 0 Å². The fourth-order valence-electron chi connectivity index (χ4n) is 7.02. The Labute approximate surface area is 294 Å². The zero-order chi connectivity index (χ0) is 35.8. The number of fused-ring (bicyclic) bond motifs is 1. The first-order valence-electron chi connectivity index (χ1n) is 17.6. The Hall–Kier alpha value is -4.61. The Kier molecular flexibility index (Phi) is 12.0. The third-order valence-corrected chi connectivity index (χ3v) is 9.55. The lowest BCUT2D eigenvalue weighted by molar-refractivity contribution is -0.145. The molecule has 0 aromatic heterocycles. The summed E-state index contributed by atoms with van der Waals surface area (Å²) >= 11 is 0. The minimum Gasteiger partial charge on any atom is -0.493 e. The maximum atomic E-state index is 13.9. The van der Waals surface area contributed by atoms with Crippen LogP contribution in [0, 0.1) is 11.8 Å². The number of hydrogen-bond donors (Lipinski definition) is 1. The van der Waals surface area contributed by atoms with Gasteiger partial charge in [-0.1, -0.05) is 43.2 Å². The number of hydrazone groups is 1. The van der Waals surface area contributed by atoms with E-state index < -0.39 is 23.7 Å². The molecule has 2 heterocycles. The van der Waals surface area contributed by atoms with Gasteiger partial charge in [0.2, 0.25) is 11.8 Å². The maximum absolute atomic E-state index is 13.9. The number of alkyl carbamates (subject to hydrolysis) is 1.